The van der Waals surface area contributed by atoms with Gasteiger partial charge in [0.15, 0.2) is 0 Å². The molecule has 0 radical (unpaired) electrons. The normalized spacial score (nSPS) is 14.4. The Morgan fingerprint density at radius 1 is 1.32 bits per heavy atom. The Labute approximate surface area is 148 Å². The Bertz CT molecular complexity index is 993. The molecule has 6 nitrogen and oxygen atoms in total. The van der Waals surface area contributed by atoms with Gasteiger partial charge in [0.2, 0.25) is 5.91 Å². The van der Waals surface area contributed by atoms with Crippen molar-refractivity contribution in [2.24, 2.45) is 0 Å². The molecule has 0 aliphatic carbocycles. The monoisotopic (exact) mass is 354 g/mol. The van der Waals surface area contributed by atoms with Crippen molar-refractivity contribution < 1.29 is 4.79 Å². The highest BCUT2D eigenvalue weighted by Crippen LogP contribution is 2.21. The van der Waals surface area contributed by atoms with Crippen LogP contribution in [0.1, 0.15) is 16.3 Å². The first-order chi connectivity index (χ1) is 12.1. The standard InChI is InChI=1S/C18H18N4O2S/c1-12-9-14-17(25-12)20-15-4-6-21(7-8-22(15)18(14)24)16(23)10-13-3-2-5-19-11-13/h2-3,5,9,11H,4,6-8,10H2,1H3. The summed E-state index contributed by atoms with van der Waals surface area (Å²) in [5.74, 6) is 0.836. The number of hydrogen-bond acceptors (Lipinski definition) is 5. The molecule has 3 aromatic rings. The Morgan fingerprint density at radius 3 is 3.00 bits per heavy atom. The third-order valence-electron chi connectivity index (χ3n) is 4.48. The predicted octanol–water partition coefficient (Wildman–Crippen LogP) is 1.79. The highest BCUT2D eigenvalue weighted by Gasteiger charge is 2.21. The lowest BCUT2D eigenvalue weighted by molar-refractivity contribution is -0.130. The number of aryl methyl sites for hydroxylation is 1. The number of fused-ring (bicyclic) bond motifs is 2. The summed E-state index contributed by atoms with van der Waals surface area (Å²) in [6.45, 7) is 3.59. The van der Waals surface area contributed by atoms with Crippen molar-refractivity contribution in [3.63, 3.8) is 0 Å². The van der Waals surface area contributed by atoms with Gasteiger partial charge in [0.05, 0.1) is 11.8 Å². The van der Waals surface area contributed by atoms with Gasteiger partial charge in [-0.2, -0.15) is 0 Å². The molecule has 7 heteroatoms. The van der Waals surface area contributed by atoms with Crippen LogP contribution >= 0.6 is 11.3 Å². The van der Waals surface area contributed by atoms with Crippen LogP contribution in [0.15, 0.2) is 35.4 Å². The number of carbonyl (C=O) groups is 1. The molecule has 3 aromatic heterocycles. The van der Waals surface area contributed by atoms with Gasteiger partial charge in [-0.05, 0) is 24.6 Å². The second kappa shape index (κ2) is 6.40. The molecule has 1 aliphatic heterocycles. The largest absolute Gasteiger partial charge is 0.340 e. The van der Waals surface area contributed by atoms with Crippen molar-refractivity contribution >= 4 is 27.5 Å². The third kappa shape index (κ3) is 3.07. The fraction of sp³-hybridized carbons (Fsp3) is 0.333. The zero-order chi connectivity index (χ0) is 17.4. The van der Waals surface area contributed by atoms with Crippen molar-refractivity contribution in [3.05, 3.63) is 57.2 Å². The van der Waals surface area contributed by atoms with Gasteiger partial charge in [-0.3, -0.25) is 19.1 Å². The molecule has 0 saturated carbocycles. The average Bonchev–Trinajstić information content (AvgIpc) is 2.84. The molecule has 1 amide bonds. The molecule has 0 bridgehead atoms. The maximum absolute atomic E-state index is 12.7. The smallest absolute Gasteiger partial charge is 0.262 e. The highest BCUT2D eigenvalue weighted by atomic mass is 32.1. The summed E-state index contributed by atoms with van der Waals surface area (Å²) in [5, 5.41) is 0.682. The topological polar surface area (TPSA) is 68.1 Å². The first-order valence-corrected chi connectivity index (χ1v) is 9.10. The van der Waals surface area contributed by atoms with E-state index >= 15 is 0 Å². The number of thiophene rings is 1. The fourth-order valence-electron chi connectivity index (χ4n) is 3.21. The first-order valence-electron chi connectivity index (χ1n) is 8.28. The van der Waals surface area contributed by atoms with Crippen molar-refractivity contribution in [1.82, 2.24) is 19.4 Å². The summed E-state index contributed by atoms with van der Waals surface area (Å²) in [6.07, 6.45) is 4.34. The molecular weight excluding hydrogens is 336 g/mol. The number of carbonyl (C=O) groups excluding carboxylic acids is 1. The van der Waals surface area contributed by atoms with Crippen LogP contribution in [0.5, 0.6) is 0 Å². The van der Waals surface area contributed by atoms with Crippen LogP contribution in [0.25, 0.3) is 10.2 Å². The minimum atomic E-state index is 0.00547. The van der Waals surface area contributed by atoms with Gasteiger partial charge < -0.3 is 4.90 Å². The van der Waals surface area contributed by atoms with E-state index in [1.807, 2.05) is 30.0 Å². The summed E-state index contributed by atoms with van der Waals surface area (Å²) in [6, 6.07) is 5.64. The van der Waals surface area contributed by atoms with E-state index in [1.165, 1.54) is 0 Å². The van der Waals surface area contributed by atoms with Crippen LogP contribution in [-0.2, 0) is 24.2 Å². The van der Waals surface area contributed by atoms with Gasteiger partial charge in [0.1, 0.15) is 10.7 Å². The minimum Gasteiger partial charge on any atom is -0.340 e. The van der Waals surface area contributed by atoms with Crippen molar-refractivity contribution in [1.29, 1.82) is 0 Å². The van der Waals surface area contributed by atoms with Crippen LogP contribution in [0.2, 0.25) is 0 Å². The van der Waals surface area contributed by atoms with Crippen LogP contribution < -0.4 is 5.56 Å². The molecule has 4 heterocycles. The van der Waals surface area contributed by atoms with E-state index in [1.54, 1.807) is 28.3 Å². The van der Waals surface area contributed by atoms with Gasteiger partial charge >= 0.3 is 0 Å². The molecule has 0 unspecified atom stereocenters. The zero-order valence-corrected chi connectivity index (χ0v) is 14.8. The quantitative estimate of drug-likeness (QED) is 0.704. The van der Waals surface area contributed by atoms with Crippen molar-refractivity contribution in [3.8, 4) is 0 Å². The maximum atomic E-state index is 12.7. The van der Waals surface area contributed by atoms with E-state index in [2.05, 4.69) is 9.97 Å². The van der Waals surface area contributed by atoms with E-state index < -0.39 is 0 Å². The SMILES string of the molecule is Cc1cc2c(=O)n3c(nc2s1)CCN(C(=O)Cc1cccnc1)CC3. The van der Waals surface area contributed by atoms with Gasteiger partial charge in [-0.1, -0.05) is 6.07 Å². The van der Waals surface area contributed by atoms with E-state index in [0.29, 0.717) is 37.9 Å². The fourth-order valence-corrected chi connectivity index (χ4v) is 4.09. The maximum Gasteiger partial charge on any atom is 0.262 e. The van der Waals surface area contributed by atoms with Crippen LogP contribution in [0.3, 0.4) is 0 Å². The molecule has 25 heavy (non-hydrogen) atoms. The van der Waals surface area contributed by atoms with Crippen LogP contribution in [-0.4, -0.2) is 38.4 Å². The third-order valence-corrected chi connectivity index (χ3v) is 5.43. The second-order valence-corrected chi connectivity index (χ2v) is 7.46. The van der Waals surface area contributed by atoms with Gasteiger partial charge in [-0.15, -0.1) is 11.3 Å². The molecule has 4 rings (SSSR count). The first kappa shape index (κ1) is 16.0. The predicted molar refractivity (Wildman–Crippen MR) is 96.8 cm³/mol. The molecule has 0 atom stereocenters. The number of aromatic nitrogens is 3. The molecule has 0 spiro atoms. The number of nitrogens with zero attached hydrogens (tertiary/aromatic N) is 4. The lowest BCUT2D eigenvalue weighted by atomic mass is 10.2. The molecule has 0 fully saturated rings. The molecule has 0 saturated heterocycles. The summed E-state index contributed by atoms with van der Waals surface area (Å²) in [7, 11) is 0. The van der Waals surface area contributed by atoms with E-state index in [-0.39, 0.29) is 11.5 Å². The Balaban J connectivity index is 1.57. The van der Waals surface area contributed by atoms with Crippen LogP contribution in [0.4, 0.5) is 0 Å². The molecule has 0 N–H and O–H groups in total. The minimum absolute atomic E-state index is 0.00547. The average molecular weight is 354 g/mol. The molecule has 0 aromatic carbocycles. The molecule has 1 aliphatic rings. The summed E-state index contributed by atoms with van der Waals surface area (Å²) < 4.78 is 1.73. The Kier molecular flexibility index (Phi) is 4.09. The Hall–Kier alpha value is -2.54. The number of amides is 1. The summed E-state index contributed by atoms with van der Waals surface area (Å²) in [4.78, 5) is 37.7. The van der Waals surface area contributed by atoms with E-state index in [9.17, 15) is 9.59 Å². The zero-order valence-electron chi connectivity index (χ0n) is 13.9. The molecular formula is C18H18N4O2S. The molecule has 128 valence electrons. The highest BCUT2D eigenvalue weighted by molar-refractivity contribution is 7.18. The number of rotatable bonds is 2. The summed E-state index contributed by atoms with van der Waals surface area (Å²) >= 11 is 1.54. The number of pyridine rings is 1. The van der Waals surface area contributed by atoms with Gasteiger partial charge in [0, 0.05) is 43.3 Å². The van der Waals surface area contributed by atoms with Gasteiger partial charge in [-0.25, -0.2) is 4.98 Å². The Morgan fingerprint density at radius 2 is 2.20 bits per heavy atom. The summed E-state index contributed by atoms with van der Waals surface area (Å²) in [5.41, 5.74) is 0.909. The number of hydrogen-bond donors (Lipinski definition) is 0. The lowest BCUT2D eigenvalue weighted by Crippen LogP contribution is -2.35. The van der Waals surface area contributed by atoms with Crippen molar-refractivity contribution in [2.75, 3.05) is 13.1 Å². The van der Waals surface area contributed by atoms with E-state index in [0.717, 1.165) is 21.1 Å². The van der Waals surface area contributed by atoms with Crippen LogP contribution in [0, 0.1) is 6.92 Å². The lowest BCUT2D eigenvalue weighted by Gasteiger charge is -2.19. The van der Waals surface area contributed by atoms with Gasteiger partial charge in [0.25, 0.3) is 5.56 Å². The van der Waals surface area contributed by atoms with Crippen molar-refractivity contribution in [2.45, 2.75) is 26.3 Å². The second-order valence-electron chi connectivity index (χ2n) is 6.23. The van der Waals surface area contributed by atoms with E-state index in [4.69, 9.17) is 0 Å².